The lowest BCUT2D eigenvalue weighted by atomic mass is 10.0. The van der Waals surface area contributed by atoms with Gasteiger partial charge in [0.05, 0.1) is 6.10 Å². The first-order valence-corrected chi connectivity index (χ1v) is 4.01. The van der Waals surface area contributed by atoms with Crippen LogP contribution in [0.4, 0.5) is 10.1 Å². The maximum atomic E-state index is 12.6. The molecule has 0 spiro atoms. The summed E-state index contributed by atoms with van der Waals surface area (Å²) in [5.74, 6) is -0.418. The van der Waals surface area contributed by atoms with E-state index >= 15 is 0 Å². The number of rotatable bonds is 2. The molecule has 0 bridgehead atoms. The zero-order valence-corrected chi connectivity index (χ0v) is 7.37. The van der Waals surface area contributed by atoms with Crippen LogP contribution >= 0.6 is 0 Å². The lowest BCUT2D eigenvalue weighted by molar-refractivity contribution is 0.154. The number of hydrogen-bond donors (Lipinski definition) is 3. The fourth-order valence-electron chi connectivity index (χ4n) is 1.10. The van der Waals surface area contributed by atoms with Gasteiger partial charge in [0.2, 0.25) is 0 Å². The van der Waals surface area contributed by atoms with Gasteiger partial charge in [-0.25, -0.2) is 4.39 Å². The standard InChI is InChI=1S/C9H13FN2O/c1-5(11)9(13)7-3-2-6(10)4-8(7)12/h2-5,9,13H,11-12H2,1H3. The Morgan fingerprint density at radius 1 is 1.46 bits per heavy atom. The van der Waals surface area contributed by atoms with Crippen LogP contribution in [0.1, 0.15) is 18.6 Å². The number of aliphatic hydroxyl groups excluding tert-OH is 1. The second-order valence-corrected chi connectivity index (χ2v) is 3.08. The predicted octanol–water partition coefficient (Wildman–Crippen LogP) is 0.789. The van der Waals surface area contributed by atoms with E-state index in [0.717, 1.165) is 0 Å². The van der Waals surface area contributed by atoms with Crippen molar-refractivity contribution >= 4 is 5.69 Å². The normalized spacial score (nSPS) is 15.4. The summed E-state index contributed by atoms with van der Waals surface area (Å²) in [6.07, 6.45) is -0.847. The maximum absolute atomic E-state index is 12.6. The number of nitrogen functional groups attached to an aromatic ring is 1. The minimum atomic E-state index is -0.847. The van der Waals surface area contributed by atoms with Gasteiger partial charge in [-0.2, -0.15) is 0 Å². The van der Waals surface area contributed by atoms with E-state index < -0.39 is 18.0 Å². The van der Waals surface area contributed by atoms with Gasteiger partial charge in [0.1, 0.15) is 5.82 Å². The molecular formula is C9H13FN2O. The first kappa shape index (κ1) is 9.95. The van der Waals surface area contributed by atoms with Crippen molar-refractivity contribution in [1.29, 1.82) is 0 Å². The smallest absolute Gasteiger partial charge is 0.125 e. The molecule has 13 heavy (non-hydrogen) atoms. The summed E-state index contributed by atoms with van der Waals surface area (Å²) >= 11 is 0. The van der Waals surface area contributed by atoms with Gasteiger partial charge in [0.25, 0.3) is 0 Å². The molecule has 0 saturated carbocycles. The van der Waals surface area contributed by atoms with Gasteiger partial charge >= 0.3 is 0 Å². The van der Waals surface area contributed by atoms with Gasteiger partial charge < -0.3 is 16.6 Å². The van der Waals surface area contributed by atoms with Crippen molar-refractivity contribution in [2.45, 2.75) is 19.1 Å². The van der Waals surface area contributed by atoms with Crippen molar-refractivity contribution in [2.24, 2.45) is 5.73 Å². The monoisotopic (exact) mass is 184 g/mol. The molecular weight excluding hydrogens is 171 g/mol. The lowest BCUT2D eigenvalue weighted by Crippen LogP contribution is -2.25. The van der Waals surface area contributed by atoms with Crippen LogP contribution in [-0.4, -0.2) is 11.1 Å². The van der Waals surface area contributed by atoms with E-state index in [4.69, 9.17) is 11.5 Å². The highest BCUT2D eigenvalue weighted by Crippen LogP contribution is 2.22. The van der Waals surface area contributed by atoms with E-state index in [2.05, 4.69) is 0 Å². The Morgan fingerprint density at radius 3 is 2.54 bits per heavy atom. The summed E-state index contributed by atoms with van der Waals surface area (Å²) in [7, 11) is 0. The third-order valence-electron chi connectivity index (χ3n) is 1.87. The summed E-state index contributed by atoms with van der Waals surface area (Å²) in [5, 5.41) is 9.54. The molecule has 5 N–H and O–H groups in total. The topological polar surface area (TPSA) is 72.3 Å². The quantitative estimate of drug-likeness (QED) is 0.595. The summed E-state index contributed by atoms with van der Waals surface area (Å²) in [4.78, 5) is 0. The Labute approximate surface area is 76.2 Å². The average molecular weight is 184 g/mol. The van der Waals surface area contributed by atoms with Gasteiger partial charge in [-0.05, 0) is 19.1 Å². The van der Waals surface area contributed by atoms with Crippen molar-refractivity contribution in [3.8, 4) is 0 Å². The molecule has 0 aromatic heterocycles. The zero-order chi connectivity index (χ0) is 10.0. The van der Waals surface area contributed by atoms with Crippen LogP contribution in [0.15, 0.2) is 18.2 Å². The third kappa shape index (κ3) is 2.17. The molecule has 0 heterocycles. The van der Waals surface area contributed by atoms with Crippen LogP contribution in [0.2, 0.25) is 0 Å². The number of aliphatic hydroxyl groups is 1. The van der Waals surface area contributed by atoms with Gasteiger partial charge in [0, 0.05) is 17.3 Å². The van der Waals surface area contributed by atoms with Crippen LogP contribution < -0.4 is 11.5 Å². The SMILES string of the molecule is CC(N)C(O)c1ccc(F)cc1N. The summed E-state index contributed by atoms with van der Waals surface area (Å²) in [6.45, 7) is 1.66. The molecule has 2 atom stereocenters. The van der Waals surface area contributed by atoms with Gasteiger partial charge in [-0.3, -0.25) is 0 Å². The largest absolute Gasteiger partial charge is 0.398 e. The van der Waals surface area contributed by atoms with E-state index in [1.165, 1.54) is 18.2 Å². The van der Waals surface area contributed by atoms with Crippen molar-refractivity contribution in [3.63, 3.8) is 0 Å². The predicted molar refractivity (Wildman–Crippen MR) is 49.4 cm³/mol. The number of benzene rings is 1. The molecule has 4 heteroatoms. The molecule has 0 fully saturated rings. The first-order valence-electron chi connectivity index (χ1n) is 4.01. The Morgan fingerprint density at radius 2 is 2.08 bits per heavy atom. The number of nitrogens with two attached hydrogens (primary N) is 2. The fraction of sp³-hybridized carbons (Fsp3) is 0.333. The van der Waals surface area contributed by atoms with Crippen LogP contribution in [0, 0.1) is 5.82 Å². The molecule has 0 saturated heterocycles. The highest BCUT2D eigenvalue weighted by Gasteiger charge is 2.15. The molecule has 0 aliphatic carbocycles. The maximum Gasteiger partial charge on any atom is 0.125 e. The third-order valence-corrected chi connectivity index (χ3v) is 1.87. The first-order chi connectivity index (χ1) is 6.02. The van der Waals surface area contributed by atoms with Crippen molar-refractivity contribution in [2.75, 3.05) is 5.73 Å². The second kappa shape index (κ2) is 3.72. The summed E-state index contributed by atoms with van der Waals surface area (Å²) in [6, 6.07) is 3.43. The average Bonchev–Trinajstić information content (AvgIpc) is 2.03. The van der Waals surface area contributed by atoms with Crippen molar-refractivity contribution in [1.82, 2.24) is 0 Å². The van der Waals surface area contributed by atoms with Gasteiger partial charge in [-0.1, -0.05) is 6.07 Å². The van der Waals surface area contributed by atoms with Crippen molar-refractivity contribution in [3.05, 3.63) is 29.6 Å². The van der Waals surface area contributed by atoms with Crippen molar-refractivity contribution < 1.29 is 9.50 Å². The van der Waals surface area contributed by atoms with Crippen LogP contribution in [0.3, 0.4) is 0 Å². The Bertz CT molecular complexity index is 302. The van der Waals surface area contributed by atoms with E-state index in [1.807, 2.05) is 0 Å². The molecule has 1 aromatic rings. The molecule has 1 rings (SSSR count). The van der Waals surface area contributed by atoms with E-state index in [-0.39, 0.29) is 5.69 Å². The number of anilines is 1. The van der Waals surface area contributed by atoms with Crippen LogP contribution in [0.5, 0.6) is 0 Å². The summed E-state index contributed by atoms with van der Waals surface area (Å²) in [5.41, 5.74) is 11.7. The fourth-order valence-corrected chi connectivity index (χ4v) is 1.10. The Kier molecular flexibility index (Phi) is 2.85. The van der Waals surface area contributed by atoms with Gasteiger partial charge in [-0.15, -0.1) is 0 Å². The summed E-state index contributed by atoms with van der Waals surface area (Å²) < 4.78 is 12.6. The molecule has 0 amide bonds. The number of hydrogen-bond acceptors (Lipinski definition) is 3. The van der Waals surface area contributed by atoms with E-state index in [0.29, 0.717) is 5.56 Å². The molecule has 1 aromatic carbocycles. The Balaban J connectivity index is 3.01. The zero-order valence-electron chi connectivity index (χ0n) is 7.37. The molecule has 3 nitrogen and oxygen atoms in total. The lowest BCUT2D eigenvalue weighted by Gasteiger charge is -2.16. The van der Waals surface area contributed by atoms with Crippen LogP contribution in [-0.2, 0) is 0 Å². The number of halogens is 1. The highest BCUT2D eigenvalue weighted by atomic mass is 19.1. The van der Waals surface area contributed by atoms with E-state index in [1.54, 1.807) is 6.92 Å². The van der Waals surface area contributed by atoms with Gasteiger partial charge in [0.15, 0.2) is 0 Å². The van der Waals surface area contributed by atoms with Crippen LogP contribution in [0.25, 0.3) is 0 Å². The molecule has 0 aliphatic rings. The molecule has 72 valence electrons. The minimum absolute atomic E-state index is 0.227. The highest BCUT2D eigenvalue weighted by molar-refractivity contribution is 5.48. The minimum Gasteiger partial charge on any atom is -0.398 e. The van der Waals surface area contributed by atoms with E-state index in [9.17, 15) is 9.50 Å². The second-order valence-electron chi connectivity index (χ2n) is 3.08. The molecule has 2 unspecified atom stereocenters. The molecule has 0 radical (unpaired) electrons. The molecule has 0 aliphatic heterocycles. The Hall–Kier alpha value is -1.13.